The molecular formula is C14H24N2O3S. The van der Waals surface area contributed by atoms with Gasteiger partial charge >= 0.3 is 12.0 Å². The van der Waals surface area contributed by atoms with Crippen molar-refractivity contribution >= 4 is 23.8 Å². The summed E-state index contributed by atoms with van der Waals surface area (Å²) >= 11 is 1.93. The molecule has 20 heavy (non-hydrogen) atoms. The molecular weight excluding hydrogens is 276 g/mol. The van der Waals surface area contributed by atoms with Crippen molar-refractivity contribution in [2.24, 2.45) is 11.8 Å². The van der Waals surface area contributed by atoms with Crippen LogP contribution in [0.15, 0.2) is 0 Å². The number of carbonyl (C=O) groups excluding carboxylic acids is 1. The third-order valence-electron chi connectivity index (χ3n) is 4.27. The van der Waals surface area contributed by atoms with Crippen LogP contribution in [0, 0.1) is 11.8 Å². The molecule has 114 valence electrons. The molecule has 1 aliphatic heterocycles. The van der Waals surface area contributed by atoms with Crippen LogP contribution in [-0.2, 0) is 4.79 Å². The summed E-state index contributed by atoms with van der Waals surface area (Å²) in [5.41, 5.74) is 0. The number of carbonyl (C=O) groups is 2. The number of urea groups is 1. The van der Waals surface area contributed by atoms with E-state index in [0.29, 0.717) is 18.3 Å². The van der Waals surface area contributed by atoms with E-state index in [4.69, 9.17) is 5.11 Å². The van der Waals surface area contributed by atoms with E-state index in [2.05, 4.69) is 10.6 Å². The van der Waals surface area contributed by atoms with Gasteiger partial charge in [0.05, 0.1) is 5.92 Å². The number of carboxylic acids is 1. The number of aliphatic carboxylic acids is 1. The fraction of sp³-hybridized carbons (Fsp3) is 0.857. The van der Waals surface area contributed by atoms with E-state index < -0.39 is 5.97 Å². The van der Waals surface area contributed by atoms with Crippen molar-refractivity contribution in [3.63, 3.8) is 0 Å². The van der Waals surface area contributed by atoms with Crippen LogP contribution in [0.25, 0.3) is 0 Å². The maximum atomic E-state index is 11.7. The predicted molar refractivity (Wildman–Crippen MR) is 80.0 cm³/mol. The number of hydrogen-bond acceptors (Lipinski definition) is 3. The molecule has 0 aromatic rings. The highest BCUT2D eigenvalue weighted by atomic mass is 32.2. The van der Waals surface area contributed by atoms with Crippen molar-refractivity contribution in [3.05, 3.63) is 0 Å². The number of hydrogen-bond donors (Lipinski definition) is 3. The molecule has 2 fully saturated rings. The first-order valence-corrected chi connectivity index (χ1v) is 8.58. The molecule has 0 radical (unpaired) electrons. The van der Waals surface area contributed by atoms with Gasteiger partial charge in [0.1, 0.15) is 0 Å². The van der Waals surface area contributed by atoms with Crippen molar-refractivity contribution in [1.82, 2.24) is 10.6 Å². The van der Waals surface area contributed by atoms with Crippen LogP contribution in [0.5, 0.6) is 0 Å². The van der Waals surface area contributed by atoms with Gasteiger partial charge in [-0.15, -0.1) is 0 Å². The molecule has 1 aliphatic carbocycles. The molecule has 2 rings (SSSR count). The van der Waals surface area contributed by atoms with Gasteiger partial charge in [-0.05, 0) is 37.4 Å². The predicted octanol–water partition coefficient (Wildman–Crippen LogP) is 2.07. The van der Waals surface area contributed by atoms with Crippen LogP contribution >= 0.6 is 11.8 Å². The van der Waals surface area contributed by atoms with E-state index in [1.807, 2.05) is 11.8 Å². The summed E-state index contributed by atoms with van der Waals surface area (Å²) in [5, 5.41) is 15.4. The van der Waals surface area contributed by atoms with Gasteiger partial charge in [-0.25, -0.2) is 4.79 Å². The highest BCUT2D eigenvalue weighted by Gasteiger charge is 2.32. The van der Waals surface area contributed by atoms with Crippen LogP contribution < -0.4 is 10.6 Å². The van der Waals surface area contributed by atoms with E-state index in [9.17, 15) is 9.59 Å². The summed E-state index contributed by atoms with van der Waals surface area (Å²) < 4.78 is 0. The van der Waals surface area contributed by atoms with Crippen molar-refractivity contribution in [3.8, 4) is 0 Å². The van der Waals surface area contributed by atoms with Crippen LogP contribution in [-0.4, -0.2) is 41.2 Å². The average Bonchev–Trinajstić information content (AvgIpc) is 2.92. The zero-order valence-corrected chi connectivity index (χ0v) is 12.6. The molecule has 5 nitrogen and oxygen atoms in total. The quantitative estimate of drug-likeness (QED) is 0.726. The third-order valence-corrected chi connectivity index (χ3v) is 5.66. The zero-order valence-electron chi connectivity index (χ0n) is 11.8. The molecule has 0 aromatic heterocycles. The molecule has 0 bridgehead atoms. The zero-order chi connectivity index (χ0) is 14.4. The van der Waals surface area contributed by atoms with Crippen LogP contribution in [0.1, 0.15) is 38.5 Å². The summed E-state index contributed by atoms with van der Waals surface area (Å²) in [7, 11) is 0. The fourth-order valence-corrected chi connectivity index (χ4v) is 4.31. The summed E-state index contributed by atoms with van der Waals surface area (Å²) in [6, 6.07) is -0.160. The second-order valence-corrected chi connectivity index (χ2v) is 7.12. The van der Waals surface area contributed by atoms with Gasteiger partial charge in [-0.2, -0.15) is 11.8 Å². The first-order valence-electron chi connectivity index (χ1n) is 7.53. The van der Waals surface area contributed by atoms with E-state index in [1.165, 1.54) is 25.0 Å². The summed E-state index contributed by atoms with van der Waals surface area (Å²) in [6.07, 6.45) is 6.30. The maximum Gasteiger partial charge on any atom is 0.314 e. The molecule has 2 amide bonds. The molecule has 0 aromatic carbocycles. The minimum atomic E-state index is -0.728. The standard InChI is InChI=1S/C14H24N2O3S/c17-13(18)12-6-3-4-10(12)8-15-14(19)16-9-11-5-1-2-7-20-11/h10-12H,1-9H2,(H,17,18)(H2,15,16,19). The average molecular weight is 300 g/mol. The molecule has 3 N–H and O–H groups in total. The van der Waals surface area contributed by atoms with Crippen molar-refractivity contribution in [2.45, 2.75) is 43.8 Å². The van der Waals surface area contributed by atoms with Gasteiger partial charge in [0.15, 0.2) is 0 Å². The Morgan fingerprint density at radius 2 is 1.85 bits per heavy atom. The SMILES string of the molecule is O=C(NCC1CCCCS1)NCC1CCCC1C(=O)O. The van der Waals surface area contributed by atoms with Gasteiger partial charge < -0.3 is 15.7 Å². The van der Waals surface area contributed by atoms with Gasteiger partial charge in [0.2, 0.25) is 0 Å². The lowest BCUT2D eigenvalue weighted by molar-refractivity contribution is -0.142. The van der Waals surface area contributed by atoms with Gasteiger partial charge in [0.25, 0.3) is 0 Å². The lowest BCUT2D eigenvalue weighted by Crippen LogP contribution is -2.42. The molecule has 1 saturated carbocycles. The minimum Gasteiger partial charge on any atom is -0.481 e. The first kappa shape index (κ1) is 15.5. The minimum absolute atomic E-state index is 0.0855. The largest absolute Gasteiger partial charge is 0.481 e. The highest BCUT2D eigenvalue weighted by molar-refractivity contribution is 7.99. The van der Waals surface area contributed by atoms with Crippen LogP contribution in [0.3, 0.4) is 0 Å². The molecule has 6 heteroatoms. The normalized spacial score (nSPS) is 29.9. The summed E-state index contributed by atoms with van der Waals surface area (Å²) in [6.45, 7) is 1.18. The van der Waals surface area contributed by atoms with Gasteiger partial charge in [-0.1, -0.05) is 12.8 Å². The Hall–Kier alpha value is -0.910. The smallest absolute Gasteiger partial charge is 0.314 e. The van der Waals surface area contributed by atoms with Gasteiger partial charge in [-0.3, -0.25) is 4.79 Å². The Morgan fingerprint density at radius 1 is 1.05 bits per heavy atom. The van der Waals surface area contributed by atoms with Crippen molar-refractivity contribution in [1.29, 1.82) is 0 Å². The second kappa shape index (κ2) is 7.76. The molecule has 3 atom stereocenters. The molecule has 3 unspecified atom stereocenters. The molecule has 1 heterocycles. The first-order chi connectivity index (χ1) is 9.66. The Balaban J connectivity index is 1.63. The lowest BCUT2D eigenvalue weighted by atomic mass is 9.96. The Bertz CT molecular complexity index is 345. The number of nitrogens with one attached hydrogen (secondary N) is 2. The topological polar surface area (TPSA) is 78.4 Å². The maximum absolute atomic E-state index is 11.7. The second-order valence-electron chi connectivity index (χ2n) is 5.72. The number of thioether (sulfide) groups is 1. The Morgan fingerprint density at radius 3 is 2.55 bits per heavy atom. The van der Waals surface area contributed by atoms with E-state index in [-0.39, 0.29) is 17.9 Å². The van der Waals surface area contributed by atoms with Crippen molar-refractivity contribution in [2.75, 3.05) is 18.8 Å². The number of amides is 2. The molecule has 1 saturated heterocycles. The van der Waals surface area contributed by atoms with E-state index in [0.717, 1.165) is 19.3 Å². The lowest BCUT2D eigenvalue weighted by Gasteiger charge is -2.22. The fourth-order valence-electron chi connectivity index (χ4n) is 3.07. The van der Waals surface area contributed by atoms with Gasteiger partial charge in [0, 0.05) is 18.3 Å². The number of carboxylic acid groups (broad SMARTS) is 1. The Kier molecular flexibility index (Phi) is 6.01. The summed E-state index contributed by atoms with van der Waals surface area (Å²) in [5.74, 6) is 0.260. The Labute approximate surface area is 124 Å². The third kappa shape index (κ3) is 4.58. The van der Waals surface area contributed by atoms with E-state index >= 15 is 0 Å². The molecule has 2 aliphatic rings. The summed E-state index contributed by atoms with van der Waals surface area (Å²) in [4.78, 5) is 22.8. The highest BCUT2D eigenvalue weighted by Crippen LogP contribution is 2.31. The van der Waals surface area contributed by atoms with E-state index in [1.54, 1.807) is 0 Å². The van der Waals surface area contributed by atoms with Crippen molar-refractivity contribution < 1.29 is 14.7 Å². The van der Waals surface area contributed by atoms with Crippen LogP contribution in [0.4, 0.5) is 4.79 Å². The number of rotatable bonds is 5. The molecule has 0 spiro atoms. The monoisotopic (exact) mass is 300 g/mol. The van der Waals surface area contributed by atoms with Crippen LogP contribution in [0.2, 0.25) is 0 Å².